The second-order valence-electron chi connectivity index (χ2n) is 14.2. The number of carboxylic acid groups (broad SMARTS) is 1. The number of aromatic nitrogens is 1. The van der Waals surface area contributed by atoms with E-state index in [2.05, 4.69) is 51.8 Å². The average molecular weight is 645 g/mol. The van der Waals surface area contributed by atoms with E-state index in [9.17, 15) is 19.8 Å². The summed E-state index contributed by atoms with van der Waals surface area (Å²) in [5.74, 6) is -0.173. The predicted molar refractivity (Wildman–Crippen MR) is 189 cm³/mol. The van der Waals surface area contributed by atoms with E-state index in [4.69, 9.17) is 9.47 Å². The zero-order valence-corrected chi connectivity index (χ0v) is 29.3. The number of carbonyl (C=O) groups is 2. The zero-order valence-electron chi connectivity index (χ0n) is 29.3. The second kappa shape index (κ2) is 16.1. The fourth-order valence-corrected chi connectivity index (χ4v) is 5.33. The van der Waals surface area contributed by atoms with Crippen molar-refractivity contribution < 1.29 is 29.3 Å². The third-order valence-corrected chi connectivity index (χ3v) is 8.40. The van der Waals surface area contributed by atoms with Gasteiger partial charge in [-0.2, -0.15) is 0 Å². The molecule has 0 aliphatic carbocycles. The van der Waals surface area contributed by atoms with Crippen LogP contribution in [0.3, 0.4) is 0 Å². The molecule has 1 amide bonds. The van der Waals surface area contributed by atoms with E-state index in [1.807, 2.05) is 60.7 Å². The number of carbonyl (C=O) groups excluding carboxylic acids is 1. The molecule has 254 valence electrons. The topological polar surface area (TPSA) is 118 Å². The molecule has 3 rings (SSSR count). The van der Waals surface area contributed by atoms with Crippen LogP contribution in [0, 0.1) is 5.41 Å². The molecule has 0 saturated carbocycles. The van der Waals surface area contributed by atoms with E-state index in [0.717, 1.165) is 33.8 Å². The number of phenols is 1. The monoisotopic (exact) mass is 644 g/mol. The molecule has 1 aromatic heterocycles. The Morgan fingerprint density at radius 2 is 1.51 bits per heavy atom. The van der Waals surface area contributed by atoms with Gasteiger partial charge in [0, 0.05) is 29.7 Å². The van der Waals surface area contributed by atoms with Gasteiger partial charge in [0.15, 0.2) is 0 Å². The molecule has 47 heavy (non-hydrogen) atoms. The number of amides is 1. The minimum absolute atomic E-state index is 0.0732. The number of rotatable bonds is 15. The van der Waals surface area contributed by atoms with Crippen LogP contribution in [-0.4, -0.2) is 40.3 Å². The lowest BCUT2D eigenvalue weighted by Crippen LogP contribution is -2.34. The minimum atomic E-state index is -1.06. The molecule has 0 saturated heterocycles. The lowest BCUT2D eigenvalue weighted by Gasteiger charge is -2.28. The van der Waals surface area contributed by atoms with Crippen LogP contribution in [0.15, 0.2) is 54.6 Å². The SMILES string of the molecule is CCC(CC)(CC(=O)Nc1cccc(/C=C/c2cccc(COCCCOc3cc(C(C)(C)C)c(O)c(C(C)(C)C)c3)n2)c1)C(=O)O. The number of hydrogen-bond acceptors (Lipinski definition) is 6. The summed E-state index contributed by atoms with van der Waals surface area (Å²) in [4.78, 5) is 29.1. The number of aliphatic carboxylic acids is 1. The molecule has 2 aromatic carbocycles. The molecule has 1 heterocycles. The fourth-order valence-electron chi connectivity index (χ4n) is 5.33. The van der Waals surface area contributed by atoms with E-state index in [-0.39, 0.29) is 23.2 Å². The summed E-state index contributed by atoms with van der Waals surface area (Å²) in [5, 5.41) is 23.4. The van der Waals surface area contributed by atoms with Crippen LogP contribution in [0.5, 0.6) is 11.5 Å². The predicted octanol–water partition coefficient (Wildman–Crippen LogP) is 8.76. The van der Waals surface area contributed by atoms with Crippen LogP contribution in [0.2, 0.25) is 0 Å². The first kappa shape index (κ1) is 37.3. The van der Waals surface area contributed by atoms with Crippen LogP contribution in [0.25, 0.3) is 12.2 Å². The first-order chi connectivity index (χ1) is 22.1. The van der Waals surface area contributed by atoms with E-state index in [0.29, 0.717) is 50.5 Å². The number of aromatic hydroxyl groups is 1. The smallest absolute Gasteiger partial charge is 0.310 e. The molecule has 0 spiro atoms. The summed E-state index contributed by atoms with van der Waals surface area (Å²) in [6.07, 6.45) is 5.22. The average Bonchev–Trinajstić information content (AvgIpc) is 3.00. The number of carboxylic acids is 1. The Bertz CT molecular complexity index is 1510. The van der Waals surface area contributed by atoms with Gasteiger partial charge in [-0.05, 0) is 71.7 Å². The van der Waals surface area contributed by atoms with Crippen molar-refractivity contribution in [2.45, 2.75) is 98.5 Å². The van der Waals surface area contributed by atoms with Crippen LogP contribution in [0.4, 0.5) is 5.69 Å². The van der Waals surface area contributed by atoms with Gasteiger partial charge in [-0.15, -0.1) is 0 Å². The molecule has 3 N–H and O–H groups in total. The van der Waals surface area contributed by atoms with Gasteiger partial charge in [-0.25, -0.2) is 0 Å². The summed E-state index contributed by atoms with van der Waals surface area (Å²) >= 11 is 0. The van der Waals surface area contributed by atoms with Gasteiger partial charge in [-0.3, -0.25) is 14.6 Å². The zero-order chi connectivity index (χ0) is 34.8. The molecule has 0 radical (unpaired) electrons. The highest BCUT2D eigenvalue weighted by molar-refractivity contribution is 5.94. The van der Waals surface area contributed by atoms with Gasteiger partial charge in [0.25, 0.3) is 0 Å². The van der Waals surface area contributed by atoms with Crippen LogP contribution < -0.4 is 10.1 Å². The fraction of sp³-hybridized carbons (Fsp3) is 0.462. The molecule has 0 fully saturated rings. The molecular formula is C39H52N2O6. The molecule has 8 heteroatoms. The van der Waals surface area contributed by atoms with Crippen LogP contribution >= 0.6 is 0 Å². The second-order valence-corrected chi connectivity index (χ2v) is 14.2. The van der Waals surface area contributed by atoms with E-state index >= 15 is 0 Å². The number of benzene rings is 2. The highest BCUT2D eigenvalue weighted by atomic mass is 16.5. The molecule has 0 bridgehead atoms. The first-order valence-electron chi connectivity index (χ1n) is 16.4. The van der Waals surface area contributed by atoms with E-state index < -0.39 is 11.4 Å². The standard InChI is InChI=1S/C39H52N2O6/c1-9-39(10-2,36(44)45)25-34(42)41-29-16-11-14-27(22-29)18-19-28-15-12-17-30(40-28)26-46-20-13-21-47-31-23-32(37(3,4)5)35(43)33(24-31)38(6,7)8/h11-12,14-19,22-24,43H,9-10,13,20-21,25-26H2,1-8H3,(H,41,42)(H,44,45)/b19-18+. The van der Waals surface area contributed by atoms with Crippen molar-refractivity contribution in [1.29, 1.82) is 0 Å². The number of nitrogens with one attached hydrogen (secondary N) is 1. The van der Waals surface area contributed by atoms with Gasteiger partial charge in [0.05, 0.1) is 36.6 Å². The van der Waals surface area contributed by atoms with Crippen molar-refractivity contribution in [3.8, 4) is 11.5 Å². The Balaban J connectivity index is 1.52. The largest absolute Gasteiger partial charge is 0.507 e. The number of anilines is 1. The van der Waals surface area contributed by atoms with Gasteiger partial charge in [0.2, 0.25) is 5.91 Å². The molecule has 0 aliphatic heterocycles. The maximum Gasteiger partial charge on any atom is 0.310 e. The van der Waals surface area contributed by atoms with Crippen molar-refractivity contribution in [1.82, 2.24) is 4.98 Å². The van der Waals surface area contributed by atoms with E-state index in [1.54, 1.807) is 19.9 Å². The Hall–Kier alpha value is -4.17. The highest BCUT2D eigenvalue weighted by Gasteiger charge is 2.37. The summed E-state index contributed by atoms with van der Waals surface area (Å²) < 4.78 is 12.0. The third-order valence-electron chi connectivity index (χ3n) is 8.40. The summed E-state index contributed by atoms with van der Waals surface area (Å²) in [6, 6.07) is 17.0. The lowest BCUT2D eigenvalue weighted by atomic mass is 9.79. The van der Waals surface area contributed by atoms with Crippen molar-refractivity contribution in [3.63, 3.8) is 0 Å². The normalized spacial score (nSPS) is 12.3. The number of pyridine rings is 1. The maximum atomic E-state index is 12.7. The summed E-state index contributed by atoms with van der Waals surface area (Å²) in [6.45, 7) is 17.5. The molecule has 0 atom stereocenters. The lowest BCUT2D eigenvalue weighted by molar-refractivity contribution is -0.151. The highest BCUT2D eigenvalue weighted by Crippen LogP contribution is 2.41. The summed E-state index contributed by atoms with van der Waals surface area (Å²) in [7, 11) is 0. The van der Waals surface area contributed by atoms with Crippen molar-refractivity contribution in [3.05, 3.63) is 82.7 Å². The Kier molecular flexibility index (Phi) is 12.8. The molecule has 3 aromatic rings. The van der Waals surface area contributed by atoms with Crippen LogP contribution in [-0.2, 0) is 31.8 Å². The number of hydrogen-bond donors (Lipinski definition) is 3. The van der Waals surface area contributed by atoms with Gasteiger partial charge < -0.3 is 25.0 Å². The first-order valence-corrected chi connectivity index (χ1v) is 16.4. The van der Waals surface area contributed by atoms with Gasteiger partial charge >= 0.3 is 5.97 Å². The van der Waals surface area contributed by atoms with Crippen LogP contribution in [0.1, 0.15) is 109 Å². The van der Waals surface area contributed by atoms with Crippen molar-refractivity contribution in [2.24, 2.45) is 5.41 Å². The Morgan fingerprint density at radius 3 is 2.11 bits per heavy atom. The van der Waals surface area contributed by atoms with Gasteiger partial charge in [0.1, 0.15) is 11.5 Å². The number of ether oxygens (including phenoxy) is 2. The number of nitrogens with zero attached hydrogens (tertiary/aromatic N) is 1. The number of phenolic OH excluding ortho intramolecular Hbond substituents is 1. The van der Waals surface area contributed by atoms with Crippen molar-refractivity contribution >= 4 is 29.7 Å². The quantitative estimate of drug-likeness (QED) is 0.142. The van der Waals surface area contributed by atoms with Gasteiger partial charge in [-0.1, -0.05) is 79.7 Å². The Labute approximate surface area is 280 Å². The molecule has 8 nitrogen and oxygen atoms in total. The van der Waals surface area contributed by atoms with E-state index in [1.165, 1.54) is 0 Å². The third kappa shape index (κ3) is 10.7. The minimum Gasteiger partial charge on any atom is -0.507 e. The Morgan fingerprint density at radius 1 is 0.872 bits per heavy atom. The molecule has 0 unspecified atom stereocenters. The maximum absolute atomic E-state index is 12.7. The van der Waals surface area contributed by atoms with Crippen molar-refractivity contribution in [2.75, 3.05) is 18.5 Å². The molecule has 0 aliphatic rings. The molecular weight excluding hydrogens is 592 g/mol. The summed E-state index contributed by atoms with van der Waals surface area (Å²) in [5.41, 5.74) is 3.33.